The van der Waals surface area contributed by atoms with Gasteiger partial charge in [-0.25, -0.2) is 4.99 Å². The van der Waals surface area contributed by atoms with E-state index < -0.39 is 0 Å². The largest absolute Gasteiger partial charge is 0.379 e. The van der Waals surface area contributed by atoms with E-state index in [1.807, 2.05) is 11.8 Å². The molecular formula is C20H34N4OS. The van der Waals surface area contributed by atoms with E-state index in [4.69, 9.17) is 9.73 Å². The molecular weight excluding hydrogens is 344 g/mol. The highest BCUT2D eigenvalue weighted by molar-refractivity contribution is 7.98. The molecule has 0 unspecified atom stereocenters. The highest BCUT2D eigenvalue weighted by Gasteiger charge is 2.10. The molecule has 1 fully saturated rings. The molecule has 0 bridgehead atoms. The molecule has 1 aliphatic heterocycles. The van der Waals surface area contributed by atoms with Crippen LogP contribution in [0, 0.1) is 0 Å². The second-order valence-corrected chi connectivity index (χ2v) is 7.52. The number of unbranched alkanes of at least 4 members (excludes halogenated alkanes) is 1. The van der Waals surface area contributed by atoms with Crippen LogP contribution < -0.4 is 10.6 Å². The molecule has 146 valence electrons. The molecule has 0 spiro atoms. The molecule has 1 heterocycles. The molecule has 0 aromatic heterocycles. The first-order valence-electron chi connectivity index (χ1n) is 9.71. The van der Waals surface area contributed by atoms with Crippen LogP contribution in [-0.4, -0.2) is 62.3 Å². The van der Waals surface area contributed by atoms with E-state index in [-0.39, 0.29) is 0 Å². The third-order valence-electron chi connectivity index (χ3n) is 4.33. The SMILES string of the molecule is CCNC(=NCc1cccc(CN2CCOCC2)c1)NCCCCSC. The molecule has 1 saturated heterocycles. The minimum absolute atomic E-state index is 0.705. The van der Waals surface area contributed by atoms with Gasteiger partial charge < -0.3 is 15.4 Å². The van der Waals surface area contributed by atoms with Crippen LogP contribution in [0.15, 0.2) is 29.3 Å². The van der Waals surface area contributed by atoms with Crippen molar-refractivity contribution in [1.29, 1.82) is 0 Å². The van der Waals surface area contributed by atoms with Gasteiger partial charge in [0.05, 0.1) is 19.8 Å². The van der Waals surface area contributed by atoms with Gasteiger partial charge in [0.25, 0.3) is 0 Å². The number of morpholine rings is 1. The van der Waals surface area contributed by atoms with Crippen LogP contribution in [0.5, 0.6) is 0 Å². The van der Waals surface area contributed by atoms with Gasteiger partial charge in [-0.15, -0.1) is 0 Å². The summed E-state index contributed by atoms with van der Waals surface area (Å²) in [7, 11) is 0. The lowest BCUT2D eigenvalue weighted by molar-refractivity contribution is 0.0342. The molecule has 0 saturated carbocycles. The van der Waals surface area contributed by atoms with E-state index in [2.05, 4.69) is 53.0 Å². The Morgan fingerprint density at radius 3 is 2.77 bits per heavy atom. The van der Waals surface area contributed by atoms with Gasteiger partial charge in [-0.3, -0.25) is 4.90 Å². The Balaban J connectivity index is 1.83. The van der Waals surface area contributed by atoms with Gasteiger partial charge >= 0.3 is 0 Å². The number of aliphatic imine (C=N–C) groups is 1. The third-order valence-corrected chi connectivity index (χ3v) is 5.03. The summed E-state index contributed by atoms with van der Waals surface area (Å²) in [6, 6.07) is 8.79. The van der Waals surface area contributed by atoms with Crippen LogP contribution in [0.3, 0.4) is 0 Å². The molecule has 2 N–H and O–H groups in total. The normalized spacial score (nSPS) is 15.8. The Hall–Kier alpha value is -1.24. The van der Waals surface area contributed by atoms with E-state index in [1.54, 1.807) is 0 Å². The summed E-state index contributed by atoms with van der Waals surface area (Å²) in [5.41, 5.74) is 2.62. The molecule has 5 nitrogen and oxygen atoms in total. The molecule has 0 aliphatic carbocycles. The van der Waals surface area contributed by atoms with Gasteiger partial charge in [0, 0.05) is 32.7 Å². The zero-order valence-corrected chi connectivity index (χ0v) is 17.1. The summed E-state index contributed by atoms with van der Waals surface area (Å²) in [6.07, 6.45) is 4.59. The van der Waals surface area contributed by atoms with Crippen LogP contribution in [0.4, 0.5) is 0 Å². The van der Waals surface area contributed by atoms with Crippen molar-refractivity contribution in [3.63, 3.8) is 0 Å². The summed E-state index contributed by atoms with van der Waals surface area (Å²) < 4.78 is 5.43. The first-order chi connectivity index (χ1) is 12.8. The minimum Gasteiger partial charge on any atom is -0.379 e. The molecule has 2 rings (SSSR count). The fourth-order valence-electron chi connectivity index (χ4n) is 2.93. The Kier molecular flexibility index (Phi) is 10.5. The van der Waals surface area contributed by atoms with Crippen LogP contribution in [0.1, 0.15) is 30.9 Å². The van der Waals surface area contributed by atoms with Crippen LogP contribution in [-0.2, 0) is 17.8 Å². The van der Waals surface area contributed by atoms with Crippen molar-refractivity contribution < 1.29 is 4.74 Å². The van der Waals surface area contributed by atoms with Gasteiger partial charge in [0.15, 0.2) is 5.96 Å². The minimum atomic E-state index is 0.705. The van der Waals surface area contributed by atoms with Gasteiger partial charge in [-0.05, 0) is 42.9 Å². The number of hydrogen-bond donors (Lipinski definition) is 2. The average Bonchev–Trinajstić information content (AvgIpc) is 2.67. The Labute approximate surface area is 163 Å². The maximum Gasteiger partial charge on any atom is 0.191 e. The Morgan fingerprint density at radius 1 is 1.19 bits per heavy atom. The number of thioether (sulfide) groups is 1. The zero-order chi connectivity index (χ0) is 18.5. The molecule has 1 aromatic carbocycles. The highest BCUT2D eigenvalue weighted by Crippen LogP contribution is 2.11. The molecule has 1 aliphatic rings. The number of rotatable bonds is 10. The fourth-order valence-corrected chi connectivity index (χ4v) is 3.43. The zero-order valence-electron chi connectivity index (χ0n) is 16.3. The molecule has 26 heavy (non-hydrogen) atoms. The molecule has 0 amide bonds. The summed E-state index contributed by atoms with van der Waals surface area (Å²) in [4.78, 5) is 7.20. The summed E-state index contributed by atoms with van der Waals surface area (Å²) in [6.45, 7) is 9.40. The molecule has 0 radical (unpaired) electrons. The Morgan fingerprint density at radius 2 is 2.00 bits per heavy atom. The smallest absolute Gasteiger partial charge is 0.191 e. The van der Waals surface area contributed by atoms with Crippen LogP contribution >= 0.6 is 11.8 Å². The van der Waals surface area contributed by atoms with Crippen LogP contribution in [0.2, 0.25) is 0 Å². The van der Waals surface area contributed by atoms with Crippen molar-refractivity contribution in [2.75, 3.05) is 51.4 Å². The number of guanidine groups is 1. The summed E-state index contributed by atoms with van der Waals surface area (Å²) in [5.74, 6) is 2.14. The fraction of sp³-hybridized carbons (Fsp3) is 0.650. The predicted molar refractivity (Wildman–Crippen MR) is 113 cm³/mol. The number of benzene rings is 1. The van der Waals surface area contributed by atoms with E-state index in [0.717, 1.165) is 51.9 Å². The van der Waals surface area contributed by atoms with Crippen molar-refractivity contribution in [1.82, 2.24) is 15.5 Å². The lowest BCUT2D eigenvalue weighted by Gasteiger charge is -2.26. The number of nitrogens with one attached hydrogen (secondary N) is 2. The van der Waals surface area contributed by atoms with Crippen LogP contribution in [0.25, 0.3) is 0 Å². The highest BCUT2D eigenvalue weighted by atomic mass is 32.2. The van der Waals surface area contributed by atoms with Gasteiger partial charge in [-0.2, -0.15) is 11.8 Å². The van der Waals surface area contributed by atoms with Crippen molar-refractivity contribution in [3.8, 4) is 0 Å². The number of nitrogens with zero attached hydrogens (tertiary/aromatic N) is 2. The Bertz CT molecular complexity index is 532. The van der Waals surface area contributed by atoms with Gasteiger partial charge in [-0.1, -0.05) is 24.3 Å². The van der Waals surface area contributed by atoms with E-state index >= 15 is 0 Å². The standard InChI is InChI=1S/C20H34N4OS/c1-3-21-20(22-9-4-5-14-26-2)23-16-18-7-6-8-19(15-18)17-24-10-12-25-13-11-24/h6-8,15H,3-5,9-14,16-17H2,1-2H3,(H2,21,22,23). The quantitative estimate of drug-likeness (QED) is 0.372. The van der Waals surface area contributed by atoms with E-state index in [1.165, 1.54) is 29.7 Å². The first kappa shape index (κ1) is 21.1. The van der Waals surface area contributed by atoms with E-state index in [0.29, 0.717) is 6.54 Å². The maximum absolute atomic E-state index is 5.43. The first-order valence-corrected chi connectivity index (χ1v) is 11.1. The average molecular weight is 379 g/mol. The maximum atomic E-state index is 5.43. The van der Waals surface area contributed by atoms with E-state index in [9.17, 15) is 0 Å². The third kappa shape index (κ3) is 8.43. The number of hydrogen-bond acceptors (Lipinski definition) is 4. The lowest BCUT2D eigenvalue weighted by atomic mass is 10.1. The molecule has 0 atom stereocenters. The lowest BCUT2D eigenvalue weighted by Crippen LogP contribution is -2.37. The second kappa shape index (κ2) is 13.0. The summed E-state index contributed by atoms with van der Waals surface area (Å²) >= 11 is 1.91. The monoisotopic (exact) mass is 378 g/mol. The predicted octanol–water partition coefficient (Wildman–Crippen LogP) is 2.72. The number of ether oxygens (including phenoxy) is 1. The van der Waals surface area contributed by atoms with Crippen molar-refractivity contribution in [2.45, 2.75) is 32.9 Å². The molecule has 6 heteroatoms. The van der Waals surface area contributed by atoms with Crippen molar-refractivity contribution in [3.05, 3.63) is 35.4 Å². The van der Waals surface area contributed by atoms with Crippen molar-refractivity contribution in [2.24, 2.45) is 4.99 Å². The van der Waals surface area contributed by atoms with Gasteiger partial charge in [0.1, 0.15) is 0 Å². The topological polar surface area (TPSA) is 48.9 Å². The second-order valence-electron chi connectivity index (χ2n) is 6.53. The van der Waals surface area contributed by atoms with Gasteiger partial charge in [0.2, 0.25) is 0 Å². The van der Waals surface area contributed by atoms with Crippen molar-refractivity contribution >= 4 is 17.7 Å². The molecule has 1 aromatic rings. The summed E-state index contributed by atoms with van der Waals surface area (Å²) in [5, 5.41) is 6.77.